The molecule has 0 saturated heterocycles. The molecule has 0 nitrogen and oxygen atoms in total. The number of hydrogen-bond donors (Lipinski definition) is 0. The highest BCUT2D eigenvalue weighted by atomic mass is 19.1. The van der Waals surface area contributed by atoms with Crippen molar-refractivity contribution in [3.63, 3.8) is 0 Å². The van der Waals surface area contributed by atoms with Crippen LogP contribution in [-0.2, 0) is 0 Å². The molecule has 0 N–H and O–H groups in total. The summed E-state index contributed by atoms with van der Waals surface area (Å²) in [6.07, 6.45) is 12.7. The van der Waals surface area contributed by atoms with E-state index in [-0.39, 0.29) is 5.83 Å². The maximum Gasteiger partial charge on any atom is 0.123 e. The van der Waals surface area contributed by atoms with Crippen LogP contribution in [0.5, 0.6) is 0 Å². The van der Waals surface area contributed by atoms with Crippen LogP contribution in [0, 0.1) is 0 Å². The van der Waals surface area contributed by atoms with E-state index in [1.807, 2.05) is 26.0 Å². The molecule has 0 aromatic heterocycles. The molecule has 0 aliphatic rings. The standard InChI is InChI=1S/C11H15F/c1-3-5-7-9-11(12)10-8-6-4-2/h3,5-10H,4H2,1-2H3/b5-3-,8-6+,9-7-,11-10+. The fraction of sp³-hybridized carbons (Fsp3) is 0.273. The molecule has 0 bridgehead atoms. The summed E-state index contributed by atoms with van der Waals surface area (Å²) in [7, 11) is 0. The van der Waals surface area contributed by atoms with Crippen molar-refractivity contribution in [1.82, 2.24) is 0 Å². The second-order valence-corrected chi connectivity index (χ2v) is 2.27. The van der Waals surface area contributed by atoms with E-state index in [0.717, 1.165) is 6.42 Å². The lowest BCUT2D eigenvalue weighted by Gasteiger charge is -1.81. The Labute approximate surface area is 73.8 Å². The zero-order valence-corrected chi connectivity index (χ0v) is 7.63. The van der Waals surface area contributed by atoms with Crippen LogP contribution in [0.2, 0.25) is 0 Å². The molecule has 0 radical (unpaired) electrons. The molecular formula is C11H15F. The summed E-state index contributed by atoms with van der Waals surface area (Å²) in [6.45, 7) is 3.90. The normalized spacial score (nSPS) is 14.1. The van der Waals surface area contributed by atoms with Gasteiger partial charge in [0.05, 0.1) is 0 Å². The van der Waals surface area contributed by atoms with Crippen LogP contribution in [0.3, 0.4) is 0 Å². The first-order valence-corrected chi connectivity index (χ1v) is 4.13. The van der Waals surface area contributed by atoms with E-state index in [4.69, 9.17) is 0 Å². The zero-order valence-electron chi connectivity index (χ0n) is 7.63. The van der Waals surface area contributed by atoms with Gasteiger partial charge in [-0.05, 0) is 25.5 Å². The second kappa shape index (κ2) is 7.99. The molecule has 0 heterocycles. The fourth-order valence-electron chi connectivity index (χ4n) is 0.610. The van der Waals surface area contributed by atoms with Gasteiger partial charge in [0.25, 0.3) is 0 Å². The van der Waals surface area contributed by atoms with Crippen molar-refractivity contribution >= 4 is 0 Å². The minimum absolute atomic E-state index is 0.224. The monoisotopic (exact) mass is 166 g/mol. The van der Waals surface area contributed by atoms with Crippen molar-refractivity contribution in [3.8, 4) is 0 Å². The van der Waals surface area contributed by atoms with Gasteiger partial charge in [0.2, 0.25) is 0 Å². The highest BCUT2D eigenvalue weighted by Gasteiger charge is 1.80. The molecule has 0 amide bonds. The SMILES string of the molecule is C\C=C/C=C\C(F)=C/C=C/CC. The second-order valence-electron chi connectivity index (χ2n) is 2.27. The van der Waals surface area contributed by atoms with Gasteiger partial charge in [0, 0.05) is 0 Å². The maximum atomic E-state index is 12.7. The Kier molecular flexibility index (Phi) is 7.25. The van der Waals surface area contributed by atoms with Crippen molar-refractivity contribution in [3.05, 3.63) is 48.4 Å². The summed E-state index contributed by atoms with van der Waals surface area (Å²) in [6, 6.07) is 0. The largest absolute Gasteiger partial charge is 0.207 e. The molecule has 0 aromatic carbocycles. The number of rotatable bonds is 4. The molecule has 0 aliphatic carbocycles. The first-order chi connectivity index (χ1) is 5.81. The Hall–Kier alpha value is -1.11. The molecule has 1 heteroatoms. The number of allylic oxidation sites excluding steroid dienone is 8. The van der Waals surface area contributed by atoms with E-state index in [1.165, 1.54) is 12.2 Å². The van der Waals surface area contributed by atoms with Crippen LogP contribution in [0.1, 0.15) is 20.3 Å². The van der Waals surface area contributed by atoms with Crippen LogP contribution in [0.4, 0.5) is 4.39 Å². The molecule has 0 saturated carbocycles. The summed E-state index contributed by atoms with van der Waals surface area (Å²) in [4.78, 5) is 0. The Balaban J connectivity index is 3.93. The van der Waals surface area contributed by atoms with Gasteiger partial charge >= 0.3 is 0 Å². The zero-order chi connectivity index (χ0) is 9.23. The van der Waals surface area contributed by atoms with Crippen molar-refractivity contribution in [2.75, 3.05) is 0 Å². The molecule has 0 spiro atoms. The summed E-state index contributed by atoms with van der Waals surface area (Å²) < 4.78 is 12.7. The van der Waals surface area contributed by atoms with Gasteiger partial charge in [0.15, 0.2) is 0 Å². The third-order valence-electron chi connectivity index (χ3n) is 1.19. The van der Waals surface area contributed by atoms with Gasteiger partial charge in [0.1, 0.15) is 5.83 Å². The number of halogens is 1. The predicted octanol–water partition coefficient (Wildman–Crippen LogP) is 3.94. The first-order valence-electron chi connectivity index (χ1n) is 4.13. The van der Waals surface area contributed by atoms with Crippen molar-refractivity contribution in [2.45, 2.75) is 20.3 Å². The molecule has 0 atom stereocenters. The van der Waals surface area contributed by atoms with Crippen LogP contribution < -0.4 is 0 Å². The van der Waals surface area contributed by atoms with E-state index < -0.39 is 0 Å². The summed E-state index contributed by atoms with van der Waals surface area (Å²) >= 11 is 0. The molecule has 0 aromatic rings. The van der Waals surface area contributed by atoms with Crippen LogP contribution >= 0.6 is 0 Å². The molecular weight excluding hydrogens is 151 g/mol. The molecule has 0 aliphatic heterocycles. The van der Waals surface area contributed by atoms with E-state index in [1.54, 1.807) is 18.2 Å². The maximum absolute atomic E-state index is 12.7. The minimum Gasteiger partial charge on any atom is -0.207 e. The quantitative estimate of drug-likeness (QED) is 0.555. The lowest BCUT2D eigenvalue weighted by Crippen LogP contribution is -1.62. The van der Waals surface area contributed by atoms with Crippen LogP contribution in [0.25, 0.3) is 0 Å². The first kappa shape index (κ1) is 10.9. The molecule has 0 rings (SSSR count). The fourth-order valence-corrected chi connectivity index (χ4v) is 0.610. The lowest BCUT2D eigenvalue weighted by atomic mass is 10.3. The van der Waals surface area contributed by atoms with Crippen molar-refractivity contribution in [1.29, 1.82) is 0 Å². The Bertz CT molecular complexity index is 207. The van der Waals surface area contributed by atoms with Crippen molar-refractivity contribution < 1.29 is 4.39 Å². The third-order valence-corrected chi connectivity index (χ3v) is 1.19. The van der Waals surface area contributed by atoms with Gasteiger partial charge in [-0.2, -0.15) is 0 Å². The number of hydrogen-bond acceptors (Lipinski definition) is 0. The van der Waals surface area contributed by atoms with Gasteiger partial charge in [-0.25, -0.2) is 4.39 Å². The van der Waals surface area contributed by atoms with Crippen LogP contribution in [0.15, 0.2) is 48.4 Å². The molecule has 0 unspecified atom stereocenters. The van der Waals surface area contributed by atoms with E-state index in [0.29, 0.717) is 0 Å². The van der Waals surface area contributed by atoms with Gasteiger partial charge in [-0.15, -0.1) is 0 Å². The Morgan fingerprint density at radius 1 is 1.25 bits per heavy atom. The average molecular weight is 166 g/mol. The molecule has 0 fully saturated rings. The van der Waals surface area contributed by atoms with Gasteiger partial charge in [-0.1, -0.05) is 37.3 Å². The van der Waals surface area contributed by atoms with E-state index in [2.05, 4.69) is 0 Å². The predicted molar refractivity (Wildman–Crippen MR) is 52.6 cm³/mol. The van der Waals surface area contributed by atoms with Gasteiger partial charge < -0.3 is 0 Å². The summed E-state index contributed by atoms with van der Waals surface area (Å²) in [5.41, 5.74) is 0. The Morgan fingerprint density at radius 3 is 2.58 bits per heavy atom. The minimum atomic E-state index is -0.224. The average Bonchev–Trinajstić information content (AvgIpc) is 2.06. The van der Waals surface area contributed by atoms with E-state index >= 15 is 0 Å². The van der Waals surface area contributed by atoms with Crippen LogP contribution in [-0.4, -0.2) is 0 Å². The van der Waals surface area contributed by atoms with Crippen molar-refractivity contribution in [2.24, 2.45) is 0 Å². The summed E-state index contributed by atoms with van der Waals surface area (Å²) in [5, 5.41) is 0. The highest BCUT2D eigenvalue weighted by molar-refractivity contribution is 5.20. The third kappa shape index (κ3) is 7.00. The lowest BCUT2D eigenvalue weighted by molar-refractivity contribution is 0.667. The Morgan fingerprint density at radius 2 is 2.00 bits per heavy atom. The highest BCUT2D eigenvalue weighted by Crippen LogP contribution is 1.99. The molecule has 66 valence electrons. The topological polar surface area (TPSA) is 0 Å². The summed E-state index contributed by atoms with van der Waals surface area (Å²) in [5.74, 6) is -0.224. The molecule has 12 heavy (non-hydrogen) atoms. The smallest absolute Gasteiger partial charge is 0.123 e. The van der Waals surface area contributed by atoms with E-state index in [9.17, 15) is 4.39 Å². The van der Waals surface area contributed by atoms with Gasteiger partial charge in [-0.3, -0.25) is 0 Å².